The highest BCUT2D eigenvalue weighted by molar-refractivity contribution is 5.72. The van der Waals surface area contributed by atoms with Gasteiger partial charge in [0.15, 0.2) is 17.7 Å². The predicted molar refractivity (Wildman–Crippen MR) is 138 cm³/mol. The standard InChI is InChI=1S/C29H37F2NO6/c1-2-36-27(28(33)34)19-22-10-13-24(14-11-22)37-18-17-32(16-6-9-21-7-4-3-5-8-21)29(35)38-26-15-12-23(30)20-25(26)31/h10-15,20-21,27H,2-9,16-19H2,1H3,(H,33,34). The molecule has 1 amide bonds. The maximum Gasteiger partial charge on any atom is 0.415 e. The van der Waals surface area contributed by atoms with Gasteiger partial charge in [0, 0.05) is 25.6 Å². The van der Waals surface area contributed by atoms with Gasteiger partial charge in [-0.1, -0.05) is 44.2 Å². The highest BCUT2D eigenvalue weighted by Gasteiger charge is 2.20. The summed E-state index contributed by atoms with van der Waals surface area (Å²) < 4.78 is 43.6. The van der Waals surface area contributed by atoms with Crippen LogP contribution >= 0.6 is 0 Å². The van der Waals surface area contributed by atoms with E-state index in [1.807, 2.05) is 0 Å². The number of benzene rings is 2. The van der Waals surface area contributed by atoms with E-state index < -0.39 is 29.8 Å². The van der Waals surface area contributed by atoms with Crippen molar-refractivity contribution in [2.24, 2.45) is 5.92 Å². The molecule has 1 unspecified atom stereocenters. The Balaban J connectivity index is 1.55. The van der Waals surface area contributed by atoms with Crippen LogP contribution in [0.15, 0.2) is 42.5 Å². The van der Waals surface area contributed by atoms with Crippen LogP contribution in [0.2, 0.25) is 0 Å². The summed E-state index contributed by atoms with van der Waals surface area (Å²) >= 11 is 0. The van der Waals surface area contributed by atoms with Gasteiger partial charge in [-0.25, -0.2) is 18.4 Å². The topological polar surface area (TPSA) is 85.3 Å². The quantitative estimate of drug-likeness (QED) is 0.310. The number of hydrogen-bond donors (Lipinski definition) is 1. The zero-order valence-corrected chi connectivity index (χ0v) is 21.9. The summed E-state index contributed by atoms with van der Waals surface area (Å²) in [5.41, 5.74) is 0.799. The number of carboxylic acid groups (broad SMARTS) is 1. The number of carbonyl (C=O) groups excluding carboxylic acids is 1. The Morgan fingerprint density at radius 1 is 1.05 bits per heavy atom. The average molecular weight is 534 g/mol. The molecular formula is C29H37F2NO6. The third kappa shape index (κ3) is 9.59. The molecular weight excluding hydrogens is 496 g/mol. The Morgan fingerprint density at radius 3 is 2.45 bits per heavy atom. The van der Waals surface area contributed by atoms with Gasteiger partial charge in [-0.3, -0.25) is 0 Å². The summed E-state index contributed by atoms with van der Waals surface area (Å²) in [4.78, 5) is 25.6. The molecule has 0 aromatic heterocycles. The van der Waals surface area contributed by atoms with Gasteiger partial charge in [0.25, 0.3) is 0 Å². The zero-order valence-electron chi connectivity index (χ0n) is 21.9. The molecule has 1 saturated carbocycles. The Kier molecular flexibility index (Phi) is 11.8. The Hall–Kier alpha value is -3.20. The molecule has 0 heterocycles. The number of halogens is 2. The van der Waals surface area contributed by atoms with Crippen LogP contribution in [-0.4, -0.2) is 54.5 Å². The SMILES string of the molecule is CCOC(Cc1ccc(OCCN(CCCC2CCCCC2)C(=O)Oc2ccc(F)cc2F)cc1)C(=O)O. The van der Waals surface area contributed by atoms with Crippen LogP contribution in [0.5, 0.6) is 11.5 Å². The van der Waals surface area contributed by atoms with E-state index in [9.17, 15) is 23.5 Å². The van der Waals surface area contributed by atoms with Crippen molar-refractivity contribution < 1.29 is 37.7 Å². The summed E-state index contributed by atoms with van der Waals surface area (Å²) in [5, 5.41) is 9.26. The minimum atomic E-state index is -1.01. The molecule has 7 nitrogen and oxygen atoms in total. The van der Waals surface area contributed by atoms with E-state index >= 15 is 0 Å². The number of aliphatic carboxylic acids is 1. The van der Waals surface area contributed by atoms with Gasteiger partial charge in [-0.2, -0.15) is 0 Å². The Morgan fingerprint density at radius 2 is 1.79 bits per heavy atom. The van der Waals surface area contributed by atoms with Crippen molar-refractivity contribution in [3.8, 4) is 11.5 Å². The molecule has 0 spiro atoms. The lowest BCUT2D eigenvalue weighted by molar-refractivity contribution is -0.149. The molecule has 3 rings (SSSR count). The van der Waals surface area contributed by atoms with Crippen LogP contribution in [0.25, 0.3) is 0 Å². The van der Waals surface area contributed by atoms with Gasteiger partial charge in [-0.05, 0) is 55.5 Å². The first kappa shape index (κ1) is 29.4. The van der Waals surface area contributed by atoms with E-state index in [1.54, 1.807) is 31.2 Å². The van der Waals surface area contributed by atoms with Gasteiger partial charge >= 0.3 is 12.1 Å². The second-order valence-corrected chi connectivity index (χ2v) is 9.55. The van der Waals surface area contributed by atoms with E-state index in [2.05, 4.69) is 0 Å². The van der Waals surface area contributed by atoms with Crippen LogP contribution < -0.4 is 9.47 Å². The van der Waals surface area contributed by atoms with Crippen LogP contribution in [0.4, 0.5) is 13.6 Å². The molecule has 1 aliphatic rings. The van der Waals surface area contributed by atoms with Crippen LogP contribution in [-0.2, 0) is 16.0 Å². The summed E-state index contributed by atoms with van der Waals surface area (Å²) in [6.07, 6.45) is 6.61. The molecule has 0 saturated heterocycles. The maximum atomic E-state index is 14.0. The van der Waals surface area contributed by atoms with Crippen molar-refractivity contribution in [1.82, 2.24) is 4.90 Å². The van der Waals surface area contributed by atoms with E-state index in [0.29, 0.717) is 30.9 Å². The van der Waals surface area contributed by atoms with Crippen LogP contribution in [0.1, 0.15) is 57.4 Å². The third-order valence-electron chi connectivity index (χ3n) is 6.73. The largest absolute Gasteiger partial charge is 0.492 e. The van der Waals surface area contributed by atoms with Crippen LogP contribution in [0.3, 0.4) is 0 Å². The minimum absolute atomic E-state index is 0.181. The molecule has 0 aliphatic heterocycles. The molecule has 1 fully saturated rings. The van der Waals surface area contributed by atoms with Gasteiger partial charge < -0.3 is 24.2 Å². The monoisotopic (exact) mass is 533 g/mol. The highest BCUT2D eigenvalue weighted by Crippen LogP contribution is 2.27. The van der Waals surface area contributed by atoms with E-state index in [-0.39, 0.29) is 25.3 Å². The molecule has 2 aromatic carbocycles. The summed E-state index contributed by atoms with van der Waals surface area (Å²) in [6.45, 7) is 2.90. The molecule has 38 heavy (non-hydrogen) atoms. The molecule has 1 atom stereocenters. The molecule has 208 valence electrons. The fourth-order valence-corrected chi connectivity index (χ4v) is 4.69. The summed E-state index contributed by atoms with van der Waals surface area (Å²) in [6, 6.07) is 9.84. The molecule has 0 radical (unpaired) electrons. The lowest BCUT2D eigenvalue weighted by Crippen LogP contribution is -2.37. The first-order chi connectivity index (χ1) is 18.4. The highest BCUT2D eigenvalue weighted by atomic mass is 19.1. The number of carboxylic acids is 1. The second kappa shape index (κ2) is 15.3. The number of rotatable bonds is 14. The van der Waals surface area contributed by atoms with Crippen molar-refractivity contribution in [3.63, 3.8) is 0 Å². The average Bonchev–Trinajstić information content (AvgIpc) is 2.90. The van der Waals surface area contributed by atoms with Crippen molar-refractivity contribution in [2.75, 3.05) is 26.3 Å². The fourth-order valence-electron chi connectivity index (χ4n) is 4.69. The lowest BCUT2D eigenvalue weighted by Gasteiger charge is -2.25. The minimum Gasteiger partial charge on any atom is -0.492 e. The number of hydrogen-bond acceptors (Lipinski definition) is 5. The number of amides is 1. The van der Waals surface area contributed by atoms with Crippen LogP contribution in [0, 0.1) is 17.6 Å². The van der Waals surface area contributed by atoms with E-state index in [1.165, 1.54) is 37.0 Å². The number of carbonyl (C=O) groups is 2. The van der Waals surface area contributed by atoms with E-state index in [0.717, 1.165) is 30.5 Å². The molecule has 9 heteroatoms. The van der Waals surface area contributed by atoms with Gasteiger partial charge in [0.1, 0.15) is 18.2 Å². The fraction of sp³-hybridized carbons (Fsp3) is 0.517. The van der Waals surface area contributed by atoms with Gasteiger partial charge in [0.05, 0.1) is 6.54 Å². The van der Waals surface area contributed by atoms with Crippen molar-refractivity contribution >= 4 is 12.1 Å². The summed E-state index contributed by atoms with van der Waals surface area (Å²) in [7, 11) is 0. The van der Waals surface area contributed by atoms with Crippen molar-refractivity contribution in [2.45, 2.75) is 64.4 Å². The smallest absolute Gasteiger partial charge is 0.415 e. The third-order valence-corrected chi connectivity index (χ3v) is 6.73. The van der Waals surface area contributed by atoms with Crippen molar-refractivity contribution in [3.05, 3.63) is 59.7 Å². The molecule has 0 bridgehead atoms. The second-order valence-electron chi connectivity index (χ2n) is 9.55. The zero-order chi connectivity index (χ0) is 27.3. The number of nitrogens with zero attached hydrogens (tertiary/aromatic N) is 1. The first-order valence-corrected chi connectivity index (χ1v) is 13.3. The summed E-state index contributed by atoms with van der Waals surface area (Å²) in [5.74, 6) is -1.79. The van der Waals surface area contributed by atoms with Crippen molar-refractivity contribution in [1.29, 1.82) is 0 Å². The van der Waals surface area contributed by atoms with Gasteiger partial charge in [-0.15, -0.1) is 0 Å². The van der Waals surface area contributed by atoms with Gasteiger partial charge in [0.2, 0.25) is 0 Å². The normalized spacial score (nSPS) is 14.6. The lowest BCUT2D eigenvalue weighted by atomic mass is 9.86. The number of ether oxygens (including phenoxy) is 3. The van der Waals surface area contributed by atoms with E-state index in [4.69, 9.17) is 14.2 Å². The maximum absolute atomic E-state index is 14.0. The molecule has 1 N–H and O–H groups in total. The predicted octanol–water partition coefficient (Wildman–Crippen LogP) is 6.24. The molecule has 2 aromatic rings. The Bertz CT molecular complexity index is 1030. The first-order valence-electron chi connectivity index (χ1n) is 13.3. The Labute approximate surface area is 222 Å². The molecule has 1 aliphatic carbocycles.